The third-order valence-electron chi connectivity index (χ3n) is 3.57. The molecule has 2 saturated heterocycles. The predicted octanol–water partition coefficient (Wildman–Crippen LogP) is 1.75. The molecule has 0 aromatic rings. The highest BCUT2D eigenvalue weighted by molar-refractivity contribution is 4.83. The van der Waals surface area contributed by atoms with Crippen LogP contribution >= 0.6 is 0 Å². The first-order chi connectivity index (χ1) is 6.27. The van der Waals surface area contributed by atoms with E-state index in [4.69, 9.17) is 4.74 Å². The molecule has 0 amide bonds. The van der Waals surface area contributed by atoms with Gasteiger partial charge in [-0.25, -0.2) is 0 Å². The van der Waals surface area contributed by atoms with Crippen LogP contribution in [0.1, 0.15) is 26.7 Å². The van der Waals surface area contributed by atoms with E-state index in [0.29, 0.717) is 0 Å². The lowest BCUT2D eigenvalue weighted by molar-refractivity contribution is -0.0787. The van der Waals surface area contributed by atoms with Gasteiger partial charge >= 0.3 is 0 Å². The molecular formula is C11H21NO. The zero-order valence-electron chi connectivity index (χ0n) is 8.83. The van der Waals surface area contributed by atoms with Crippen molar-refractivity contribution in [3.63, 3.8) is 0 Å². The van der Waals surface area contributed by atoms with E-state index >= 15 is 0 Å². The van der Waals surface area contributed by atoms with Crippen molar-refractivity contribution in [2.75, 3.05) is 26.3 Å². The van der Waals surface area contributed by atoms with E-state index in [2.05, 4.69) is 18.7 Å². The van der Waals surface area contributed by atoms with E-state index in [1.165, 1.54) is 25.9 Å². The molecule has 76 valence electrons. The number of ether oxygens (including phenoxy) is 1. The lowest BCUT2D eigenvalue weighted by atomic mass is 9.87. The minimum absolute atomic E-state index is 0.751. The van der Waals surface area contributed by atoms with Gasteiger partial charge in [0.1, 0.15) is 0 Å². The van der Waals surface area contributed by atoms with Crippen LogP contribution in [-0.2, 0) is 4.74 Å². The van der Waals surface area contributed by atoms with Crippen LogP contribution in [0.5, 0.6) is 0 Å². The lowest BCUT2D eigenvalue weighted by Gasteiger charge is -2.43. The van der Waals surface area contributed by atoms with Gasteiger partial charge in [0.2, 0.25) is 0 Å². The molecule has 0 unspecified atom stereocenters. The average Bonchev–Trinajstić information content (AvgIpc) is 2.01. The standard InChI is InChI=1S/C11H21NO/c1-9(2)10-4-3-5-12(6-10)11-7-13-8-11/h9-11H,3-8H2,1-2H3/t10-/m0/s1. The van der Waals surface area contributed by atoms with Crippen molar-refractivity contribution < 1.29 is 4.74 Å². The summed E-state index contributed by atoms with van der Waals surface area (Å²) in [6, 6.07) is 0.751. The van der Waals surface area contributed by atoms with Crippen LogP contribution in [0, 0.1) is 11.8 Å². The number of hydrogen-bond donors (Lipinski definition) is 0. The van der Waals surface area contributed by atoms with Crippen molar-refractivity contribution in [2.45, 2.75) is 32.7 Å². The molecule has 0 aromatic heterocycles. The molecular weight excluding hydrogens is 162 g/mol. The first kappa shape index (κ1) is 9.47. The Morgan fingerprint density at radius 1 is 1.31 bits per heavy atom. The number of piperidine rings is 1. The Kier molecular flexibility index (Phi) is 2.89. The molecule has 13 heavy (non-hydrogen) atoms. The van der Waals surface area contributed by atoms with Crippen molar-refractivity contribution in [1.82, 2.24) is 4.90 Å². The average molecular weight is 183 g/mol. The van der Waals surface area contributed by atoms with Crippen molar-refractivity contribution >= 4 is 0 Å². The largest absolute Gasteiger partial charge is 0.378 e. The summed E-state index contributed by atoms with van der Waals surface area (Å²) in [7, 11) is 0. The number of rotatable bonds is 2. The molecule has 0 N–H and O–H groups in total. The second-order valence-corrected chi connectivity index (χ2v) is 4.83. The first-order valence-electron chi connectivity index (χ1n) is 5.59. The molecule has 0 radical (unpaired) electrons. The molecule has 0 aliphatic carbocycles. The van der Waals surface area contributed by atoms with Gasteiger partial charge in [-0.15, -0.1) is 0 Å². The van der Waals surface area contributed by atoms with E-state index in [-0.39, 0.29) is 0 Å². The second-order valence-electron chi connectivity index (χ2n) is 4.83. The molecule has 0 aromatic carbocycles. The third kappa shape index (κ3) is 2.05. The Bertz CT molecular complexity index is 165. The Hall–Kier alpha value is -0.0800. The summed E-state index contributed by atoms with van der Waals surface area (Å²) in [4.78, 5) is 2.64. The third-order valence-corrected chi connectivity index (χ3v) is 3.57. The minimum Gasteiger partial charge on any atom is -0.378 e. The van der Waals surface area contributed by atoms with Gasteiger partial charge in [-0.3, -0.25) is 4.90 Å². The highest BCUT2D eigenvalue weighted by atomic mass is 16.5. The number of nitrogens with zero attached hydrogens (tertiary/aromatic N) is 1. The summed E-state index contributed by atoms with van der Waals surface area (Å²) < 4.78 is 5.24. The summed E-state index contributed by atoms with van der Waals surface area (Å²) in [6.45, 7) is 9.27. The molecule has 0 saturated carbocycles. The summed E-state index contributed by atoms with van der Waals surface area (Å²) in [6.07, 6.45) is 2.82. The first-order valence-corrected chi connectivity index (χ1v) is 5.59. The normalized spacial score (nSPS) is 32.1. The highest BCUT2D eigenvalue weighted by Gasteiger charge is 2.30. The Labute approximate surface area is 81.3 Å². The maximum Gasteiger partial charge on any atom is 0.0645 e. The molecule has 2 fully saturated rings. The highest BCUT2D eigenvalue weighted by Crippen LogP contribution is 2.26. The van der Waals surface area contributed by atoms with Crippen LogP contribution < -0.4 is 0 Å². The molecule has 0 spiro atoms. The van der Waals surface area contributed by atoms with Crippen LogP contribution in [0.15, 0.2) is 0 Å². The van der Waals surface area contributed by atoms with E-state index < -0.39 is 0 Å². The van der Waals surface area contributed by atoms with Gasteiger partial charge in [0.25, 0.3) is 0 Å². The quantitative estimate of drug-likeness (QED) is 0.646. The second kappa shape index (κ2) is 3.97. The van der Waals surface area contributed by atoms with Crippen LogP contribution in [0.3, 0.4) is 0 Å². The van der Waals surface area contributed by atoms with Gasteiger partial charge in [-0.1, -0.05) is 13.8 Å². The summed E-state index contributed by atoms with van der Waals surface area (Å²) in [5, 5.41) is 0. The van der Waals surface area contributed by atoms with Crippen LogP contribution in [0.25, 0.3) is 0 Å². The molecule has 2 aliphatic heterocycles. The maximum atomic E-state index is 5.24. The molecule has 2 aliphatic rings. The molecule has 1 atom stereocenters. The van der Waals surface area contributed by atoms with Crippen molar-refractivity contribution in [3.05, 3.63) is 0 Å². The molecule has 2 nitrogen and oxygen atoms in total. The Morgan fingerprint density at radius 3 is 2.62 bits per heavy atom. The van der Waals surface area contributed by atoms with Gasteiger partial charge in [-0.05, 0) is 31.2 Å². The smallest absolute Gasteiger partial charge is 0.0645 e. The monoisotopic (exact) mass is 183 g/mol. The van der Waals surface area contributed by atoms with Crippen LogP contribution in [0.2, 0.25) is 0 Å². The fraction of sp³-hybridized carbons (Fsp3) is 1.00. The predicted molar refractivity (Wildman–Crippen MR) is 53.7 cm³/mol. The van der Waals surface area contributed by atoms with Gasteiger partial charge in [0.15, 0.2) is 0 Å². The van der Waals surface area contributed by atoms with E-state index in [0.717, 1.165) is 31.1 Å². The van der Waals surface area contributed by atoms with Gasteiger partial charge < -0.3 is 4.74 Å². The Morgan fingerprint density at radius 2 is 2.08 bits per heavy atom. The van der Waals surface area contributed by atoms with Crippen LogP contribution in [0.4, 0.5) is 0 Å². The van der Waals surface area contributed by atoms with Gasteiger partial charge in [-0.2, -0.15) is 0 Å². The fourth-order valence-electron chi connectivity index (χ4n) is 2.35. The van der Waals surface area contributed by atoms with Crippen molar-refractivity contribution in [3.8, 4) is 0 Å². The number of likely N-dealkylation sites (tertiary alicyclic amines) is 1. The summed E-state index contributed by atoms with van der Waals surface area (Å²) in [5.74, 6) is 1.78. The molecule has 2 heteroatoms. The Balaban J connectivity index is 1.84. The molecule has 2 heterocycles. The number of hydrogen-bond acceptors (Lipinski definition) is 2. The van der Waals surface area contributed by atoms with Crippen molar-refractivity contribution in [2.24, 2.45) is 11.8 Å². The minimum atomic E-state index is 0.751. The van der Waals surface area contributed by atoms with Gasteiger partial charge in [0, 0.05) is 6.54 Å². The van der Waals surface area contributed by atoms with E-state index in [1.807, 2.05) is 0 Å². The van der Waals surface area contributed by atoms with E-state index in [1.54, 1.807) is 0 Å². The zero-order valence-corrected chi connectivity index (χ0v) is 8.83. The van der Waals surface area contributed by atoms with Crippen molar-refractivity contribution in [1.29, 1.82) is 0 Å². The SMILES string of the molecule is CC(C)[C@H]1CCCN(C2COC2)C1. The van der Waals surface area contributed by atoms with Gasteiger partial charge in [0.05, 0.1) is 19.3 Å². The van der Waals surface area contributed by atoms with Crippen LogP contribution in [-0.4, -0.2) is 37.2 Å². The maximum absolute atomic E-state index is 5.24. The summed E-state index contributed by atoms with van der Waals surface area (Å²) >= 11 is 0. The molecule has 2 rings (SSSR count). The summed E-state index contributed by atoms with van der Waals surface area (Å²) in [5.41, 5.74) is 0. The molecule has 0 bridgehead atoms. The van der Waals surface area contributed by atoms with E-state index in [9.17, 15) is 0 Å². The zero-order chi connectivity index (χ0) is 9.26. The lowest BCUT2D eigenvalue weighted by Crippen LogP contribution is -2.53. The topological polar surface area (TPSA) is 12.5 Å². The fourth-order valence-corrected chi connectivity index (χ4v) is 2.35.